The van der Waals surface area contributed by atoms with Crippen molar-refractivity contribution in [1.29, 1.82) is 0 Å². The van der Waals surface area contributed by atoms with Crippen molar-refractivity contribution in [2.75, 3.05) is 0 Å². The standard InChI is InChI=1S/C13H17N3O3/c1-8-5-9(2)16(15-8)7-12(17)14-11-4-3-10(6-11)13(18)19/h3-5,10-11H,6-7H2,1-2H3,(H,14,17)(H,18,19). The third-order valence-electron chi connectivity index (χ3n) is 3.14. The second kappa shape index (κ2) is 5.26. The smallest absolute Gasteiger partial charge is 0.310 e. The largest absolute Gasteiger partial charge is 0.481 e. The lowest BCUT2D eigenvalue weighted by molar-refractivity contribution is -0.140. The molecule has 0 bridgehead atoms. The van der Waals surface area contributed by atoms with E-state index in [-0.39, 0.29) is 18.5 Å². The highest BCUT2D eigenvalue weighted by Gasteiger charge is 2.25. The fraction of sp³-hybridized carbons (Fsp3) is 0.462. The molecular formula is C13H17N3O3. The summed E-state index contributed by atoms with van der Waals surface area (Å²) in [5.74, 6) is -1.52. The third kappa shape index (κ3) is 3.21. The first-order valence-electron chi connectivity index (χ1n) is 6.17. The Morgan fingerprint density at radius 2 is 2.21 bits per heavy atom. The molecule has 2 rings (SSSR count). The van der Waals surface area contributed by atoms with Gasteiger partial charge in [0.2, 0.25) is 5.91 Å². The SMILES string of the molecule is Cc1cc(C)n(CC(=O)NC2C=CC(C(=O)O)C2)n1. The molecule has 102 valence electrons. The van der Waals surface area contributed by atoms with Gasteiger partial charge in [-0.25, -0.2) is 0 Å². The zero-order valence-corrected chi connectivity index (χ0v) is 11.0. The van der Waals surface area contributed by atoms with Crippen molar-refractivity contribution in [2.24, 2.45) is 5.92 Å². The molecule has 1 aromatic heterocycles. The quantitative estimate of drug-likeness (QED) is 0.781. The molecule has 1 aromatic rings. The van der Waals surface area contributed by atoms with E-state index < -0.39 is 11.9 Å². The van der Waals surface area contributed by atoms with Crippen molar-refractivity contribution >= 4 is 11.9 Å². The van der Waals surface area contributed by atoms with Gasteiger partial charge in [-0.1, -0.05) is 12.2 Å². The number of aryl methyl sites for hydroxylation is 2. The lowest BCUT2D eigenvalue weighted by Gasteiger charge is -2.12. The van der Waals surface area contributed by atoms with Crippen molar-refractivity contribution < 1.29 is 14.7 Å². The summed E-state index contributed by atoms with van der Waals surface area (Å²) in [7, 11) is 0. The maximum absolute atomic E-state index is 11.9. The fourth-order valence-electron chi connectivity index (χ4n) is 2.21. The van der Waals surface area contributed by atoms with Crippen LogP contribution < -0.4 is 5.32 Å². The molecule has 2 atom stereocenters. The topological polar surface area (TPSA) is 84.2 Å². The Morgan fingerprint density at radius 1 is 1.47 bits per heavy atom. The van der Waals surface area contributed by atoms with Gasteiger partial charge in [-0.05, 0) is 26.3 Å². The van der Waals surface area contributed by atoms with Crippen LogP contribution in [0.2, 0.25) is 0 Å². The molecular weight excluding hydrogens is 246 g/mol. The van der Waals surface area contributed by atoms with Crippen LogP contribution >= 0.6 is 0 Å². The first kappa shape index (κ1) is 13.3. The Hall–Kier alpha value is -2.11. The molecule has 19 heavy (non-hydrogen) atoms. The van der Waals surface area contributed by atoms with Crippen LogP contribution in [0.3, 0.4) is 0 Å². The number of carbonyl (C=O) groups excluding carboxylic acids is 1. The lowest BCUT2D eigenvalue weighted by atomic mass is 10.1. The van der Waals surface area contributed by atoms with Gasteiger partial charge in [-0.2, -0.15) is 5.10 Å². The Kier molecular flexibility index (Phi) is 3.69. The van der Waals surface area contributed by atoms with E-state index in [1.54, 1.807) is 16.8 Å². The van der Waals surface area contributed by atoms with E-state index in [1.807, 2.05) is 19.9 Å². The van der Waals surface area contributed by atoms with Gasteiger partial charge >= 0.3 is 5.97 Å². The predicted octanol–water partition coefficient (Wildman–Crippen LogP) is 0.645. The zero-order valence-electron chi connectivity index (χ0n) is 11.0. The molecule has 0 saturated carbocycles. The van der Waals surface area contributed by atoms with Crippen LogP contribution in [-0.4, -0.2) is 32.8 Å². The van der Waals surface area contributed by atoms with Crippen molar-refractivity contribution in [3.05, 3.63) is 29.6 Å². The van der Waals surface area contributed by atoms with Gasteiger partial charge in [0.25, 0.3) is 0 Å². The summed E-state index contributed by atoms with van der Waals surface area (Å²) in [5.41, 5.74) is 1.80. The summed E-state index contributed by atoms with van der Waals surface area (Å²) >= 11 is 0. The summed E-state index contributed by atoms with van der Waals surface area (Å²) in [5, 5.41) is 15.9. The van der Waals surface area contributed by atoms with Gasteiger partial charge < -0.3 is 10.4 Å². The van der Waals surface area contributed by atoms with Crippen molar-refractivity contribution in [1.82, 2.24) is 15.1 Å². The number of carbonyl (C=O) groups is 2. The second-order valence-electron chi connectivity index (χ2n) is 4.82. The summed E-state index contributed by atoms with van der Waals surface area (Å²) in [6.07, 6.45) is 3.77. The van der Waals surface area contributed by atoms with Crippen LogP contribution in [0.1, 0.15) is 17.8 Å². The molecule has 0 aliphatic heterocycles. The minimum atomic E-state index is -0.855. The number of carboxylic acids is 1. The molecule has 6 heteroatoms. The summed E-state index contributed by atoms with van der Waals surface area (Å²) in [6.45, 7) is 3.92. The molecule has 0 aromatic carbocycles. The van der Waals surface area contributed by atoms with Crippen molar-refractivity contribution in [3.8, 4) is 0 Å². The molecule has 6 nitrogen and oxygen atoms in total. The van der Waals surface area contributed by atoms with Gasteiger partial charge in [-0.15, -0.1) is 0 Å². The minimum Gasteiger partial charge on any atom is -0.481 e. The summed E-state index contributed by atoms with van der Waals surface area (Å²) < 4.78 is 1.64. The highest BCUT2D eigenvalue weighted by atomic mass is 16.4. The number of aromatic nitrogens is 2. The van der Waals surface area contributed by atoms with Gasteiger partial charge in [0.05, 0.1) is 11.6 Å². The van der Waals surface area contributed by atoms with E-state index in [2.05, 4.69) is 10.4 Å². The Labute approximate surface area is 111 Å². The Morgan fingerprint density at radius 3 is 2.74 bits per heavy atom. The van der Waals surface area contributed by atoms with Crippen LogP contribution in [-0.2, 0) is 16.1 Å². The average Bonchev–Trinajstić information content (AvgIpc) is 2.87. The fourth-order valence-corrected chi connectivity index (χ4v) is 2.21. The number of nitrogens with zero attached hydrogens (tertiary/aromatic N) is 2. The zero-order chi connectivity index (χ0) is 14.0. The van der Waals surface area contributed by atoms with E-state index in [0.29, 0.717) is 6.42 Å². The van der Waals surface area contributed by atoms with Crippen LogP contribution in [0.4, 0.5) is 0 Å². The highest BCUT2D eigenvalue weighted by molar-refractivity contribution is 5.77. The van der Waals surface area contributed by atoms with Crippen LogP contribution in [0.25, 0.3) is 0 Å². The van der Waals surface area contributed by atoms with E-state index in [4.69, 9.17) is 5.11 Å². The van der Waals surface area contributed by atoms with Gasteiger partial charge in [-0.3, -0.25) is 14.3 Å². The molecule has 1 amide bonds. The number of hydrogen-bond donors (Lipinski definition) is 2. The average molecular weight is 263 g/mol. The maximum Gasteiger partial charge on any atom is 0.310 e. The van der Waals surface area contributed by atoms with Crippen molar-refractivity contribution in [2.45, 2.75) is 32.9 Å². The van der Waals surface area contributed by atoms with E-state index in [0.717, 1.165) is 11.4 Å². The first-order chi connectivity index (χ1) is 8.95. The predicted molar refractivity (Wildman–Crippen MR) is 68.5 cm³/mol. The van der Waals surface area contributed by atoms with Gasteiger partial charge in [0, 0.05) is 11.7 Å². The molecule has 0 radical (unpaired) electrons. The molecule has 1 aliphatic carbocycles. The van der Waals surface area contributed by atoms with Gasteiger partial charge in [0.15, 0.2) is 0 Å². The first-order valence-corrected chi connectivity index (χ1v) is 6.17. The van der Waals surface area contributed by atoms with Crippen LogP contribution in [0.15, 0.2) is 18.2 Å². The molecule has 0 saturated heterocycles. The number of nitrogens with one attached hydrogen (secondary N) is 1. The third-order valence-corrected chi connectivity index (χ3v) is 3.14. The van der Waals surface area contributed by atoms with Crippen molar-refractivity contribution in [3.63, 3.8) is 0 Å². The lowest BCUT2D eigenvalue weighted by Crippen LogP contribution is -2.36. The number of aliphatic carboxylic acids is 1. The second-order valence-corrected chi connectivity index (χ2v) is 4.82. The van der Waals surface area contributed by atoms with E-state index >= 15 is 0 Å². The molecule has 0 fully saturated rings. The van der Waals surface area contributed by atoms with E-state index in [9.17, 15) is 9.59 Å². The van der Waals surface area contributed by atoms with Crippen LogP contribution in [0.5, 0.6) is 0 Å². The number of amides is 1. The highest BCUT2D eigenvalue weighted by Crippen LogP contribution is 2.17. The monoisotopic (exact) mass is 263 g/mol. The number of rotatable bonds is 4. The molecule has 2 N–H and O–H groups in total. The Bertz CT molecular complexity index is 533. The minimum absolute atomic E-state index is 0.155. The van der Waals surface area contributed by atoms with E-state index in [1.165, 1.54) is 0 Å². The molecule has 2 unspecified atom stereocenters. The Balaban J connectivity index is 1.88. The summed E-state index contributed by atoms with van der Waals surface area (Å²) in [4.78, 5) is 22.6. The molecule has 0 spiro atoms. The van der Waals surface area contributed by atoms with Gasteiger partial charge in [0.1, 0.15) is 6.54 Å². The maximum atomic E-state index is 11.9. The van der Waals surface area contributed by atoms with Crippen LogP contribution in [0, 0.1) is 19.8 Å². The normalized spacial score (nSPS) is 21.6. The summed E-state index contributed by atoms with van der Waals surface area (Å²) in [6, 6.07) is 1.70. The molecule has 1 heterocycles. The molecule has 1 aliphatic rings. The number of hydrogen-bond acceptors (Lipinski definition) is 3. The number of carboxylic acid groups (broad SMARTS) is 1.